The van der Waals surface area contributed by atoms with Gasteiger partial charge in [0.15, 0.2) is 0 Å². The fourth-order valence-corrected chi connectivity index (χ4v) is 3.59. The Morgan fingerprint density at radius 2 is 2.16 bits per heavy atom. The normalized spacial score (nSPS) is 26.3. The number of nitrogens with zero attached hydrogens (tertiary/aromatic N) is 1. The average molecular weight is 325 g/mol. The van der Waals surface area contributed by atoms with E-state index in [0.29, 0.717) is 5.41 Å². The first-order valence-corrected chi connectivity index (χ1v) is 8.04. The van der Waals surface area contributed by atoms with Crippen LogP contribution in [0.15, 0.2) is 22.8 Å². The van der Waals surface area contributed by atoms with E-state index in [4.69, 9.17) is 0 Å². The maximum Gasteiger partial charge on any atom is 0.0413 e. The predicted molar refractivity (Wildman–Crippen MR) is 84.2 cm³/mol. The zero-order valence-electron chi connectivity index (χ0n) is 12.2. The fourth-order valence-electron chi connectivity index (χ4n) is 3.36. The Balaban J connectivity index is 2.06. The number of aromatic nitrogens is 1. The van der Waals surface area contributed by atoms with Crippen LogP contribution in [0.3, 0.4) is 0 Å². The molecular weight excluding hydrogens is 300 g/mol. The van der Waals surface area contributed by atoms with Crippen LogP contribution in [-0.4, -0.2) is 18.6 Å². The topological polar surface area (TPSA) is 24.9 Å². The Kier molecular flexibility index (Phi) is 5.02. The molecular formula is C16H25BrN2. The first-order chi connectivity index (χ1) is 9.00. The highest BCUT2D eigenvalue weighted by Gasteiger charge is 2.34. The molecule has 2 nitrogen and oxygen atoms in total. The molecule has 1 fully saturated rings. The van der Waals surface area contributed by atoms with Gasteiger partial charge in [-0.2, -0.15) is 0 Å². The number of hydrogen-bond donors (Lipinski definition) is 1. The maximum atomic E-state index is 4.55. The zero-order chi connectivity index (χ0) is 13.9. The lowest BCUT2D eigenvalue weighted by Crippen LogP contribution is -2.36. The second-order valence-electron chi connectivity index (χ2n) is 6.66. The van der Waals surface area contributed by atoms with E-state index in [0.717, 1.165) is 29.3 Å². The minimum Gasteiger partial charge on any atom is -0.319 e. The first kappa shape index (κ1) is 15.0. The lowest BCUT2D eigenvalue weighted by molar-refractivity contribution is 0.116. The lowest BCUT2D eigenvalue weighted by Gasteiger charge is -2.41. The van der Waals surface area contributed by atoms with Crippen molar-refractivity contribution in [3.63, 3.8) is 0 Å². The van der Waals surface area contributed by atoms with Crippen LogP contribution < -0.4 is 5.32 Å². The molecule has 0 radical (unpaired) electrons. The van der Waals surface area contributed by atoms with Gasteiger partial charge in [-0.25, -0.2) is 0 Å². The summed E-state index contributed by atoms with van der Waals surface area (Å²) in [7, 11) is 2.06. The quantitative estimate of drug-likeness (QED) is 0.903. The van der Waals surface area contributed by atoms with Gasteiger partial charge < -0.3 is 5.32 Å². The van der Waals surface area contributed by atoms with E-state index in [-0.39, 0.29) is 0 Å². The van der Waals surface area contributed by atoms with Crippen LogP contribution in [0.2, 0.25) is 0 Å². The van der Waals surface area contributed by atoms with Gasteiger partial charge in [-0.05, 0) is 84.6 Å². The van der Waals surface area contributed by atoms with Crippen LogP contribution in [0.4, 0.5) is 0 Å². The van der Waals surface area contributed by atoms with E-state index in [1.54, 1.807) is 0 Å². The van der Waals surface area contributed by atoms with E-state index in [1.165, 1.54) is 25.0 Å². The molecule has 0 aliphatic heterocycles. The van der Waals surface area contributed by atoms with Crippen LogP contribution in [-0.2, 0) is 6.42 Å². The molecule has 3 heteroatoms. The Labute approximate surface area is 125 Å². The molecule has 2 rings (SSSR count). The largest absolute Gasteiger partial charge is 0.319 e. The van der Waals surface area contributed by atoms with Crippen molar-refractivity contribution in [2.45, 2.75) is 39.5 Å². The molecule has 0 amide bonds. The summed E-state index contributed by atoms with van der Waals surface area (Å²) in [4.78, 5) is 4.55. The molecule has 1 aliphatic carbocycles. The first-order valence-electron chi connectivity index (χ1n) is 7.25. The number of rotatable bonds is 4. The van der Waals surface area contributed by atoms with Crippen molar-refractivity contribution in [1.29, 1.82) is 0 Å². The third kappa shape index (κ3) is 4.28. The van der Waals surface area contributed by atoms with Crippen LogP contribution in [0, 0.1) is 17.3 Å². The minimum atomic E-state index is 0.490. The molecule has 2 unspecified atom stereocenters. The van der Waals surface area contributed by atoms with Crippen molar-refractivity contribution >= 4 is 15.9 Å². The third-order valence-corrected chi connectivity index (χ3v) is 4.87. The summed E-state index contributed by atoms with van der Waals surface area (Å²) in [6.07, 6.45) is 7.04. The van der Waals surface area contributed by atoms with Gasteiger partial charge >= 0.3 is 0 Å². The monoisotopic (exact) mass is 324 g/mol. The predicted octanol–water partition coefficient (Wildman–Crippen LogP) is 4.05. The maximum absolute atomic E-state index is 4.55. The number of halogens is 1. The summed E-state index contributed by atoms with van der Waals surface area (Å²) in [6, 6.07) is 4.26. The van der Waals surface area contributed by atoms with Crippen LogP contribution in [0.5, 0.6) is 0 Å². The van der Waals surface area contributed by atoms with Crippen molar-refractivity contribution in [1.82, 2.24) is 10.3 Å². The van der Waals surface area contributed by atoms with E-state index < -0.39 is 0 Å². The average Bonchev–Trinajstić information content (AvgIpc) is 2.35. The van der Waals surface area contributed by atoms with Crippen molar-refractivity contribution in [3.05, 3.63) is 28.5 Å². The zero-order valence-corrected chi connectivity index (χ0v) is 13.8. The SMILES string of the molecule is CNCC1CCC(C)(C)CC1Cc1ccc(Br)cn1. The van der Waals surface area contributed by atoms with E-state index in [9.17, 15) is 0 Å². The highest BCUT2D eigenvalue weighted by Crippen LogP contribution is 2.42. The molecule has 1 aliphatic rings. The molecule has 1 heterocycles. The Morgan fingerprint density at radius 3 is 2.79 bits per heavy atom. The molecule has 2 atom stereocenters. The Bertz CT molecular complexity index is 400. The van der Waals surface area contributed by atoms with E-state index in [1.807, 2.05) is 6.20 Å². The summed E-state index contributed by atoms with van der Waals surface area (Å²) in [6.45, 7) is 5.95. The van der Waals surface area contributed by atoms with Crippen LogP contribution in [0.25, 0.3) is 0 Å². The highest BCUT2D eigenvalue weighted by molar-refractivity contribution is 9.10. The van der Waals surface area contributed by atoms with Gasteiger partial charge in [-0.1, -0.05) is 13.8 Å². The van der Waals surface area contributed by atoms with Gasteiger partial charge in [-0.3, -0.25) is 4.98 Å². The Hall–Kier alpha value is -0.410. The van der Waals surface area contributed by atoms with Crippen LogP contribution >= 0.6 is 15.9 Å². The van der Waals surface area contributed by atoms with Crippen molar-refractivity contribution in [2.75, 3.05) is 13.6 Å². The molecule has 0 aromatic carbocycles. The smallest absolute Gasteiger partial charge is 0.0413 e. The third-order valence-electron chi connectivity index (χ3n) is 4.40. The molecule has 1 aromatic heterocycles. The molecule has 0 saturated heterocycles. The van der Waals surface area contributed by atoms with Gasteiger partial charge in [0.05, 0.1) is 0 Å². The van der Waals surface area contributed by atoms with Gasteiger partial charge in [0.25, 0.3) is 0 Å². The standard InChI is InChI=1S/C16H25BrN2/c1-16(2)7-6-12(10-18-3)13(9-16)8-15-5-4-14(17)11-19-15/h4-5,11-13,18H,6-10H2,1-3H3. The minimum absolute atomic E-state index is 0.490. The summed E-state index contributed by atoms with van der Waals surface area (Å²) in [5.74, 6) is 1.55. The molecule has 1 saturated carbocycles. The molecule has 1 aromatic rings. The molecule has 0 spiro atoms. The summed E-state index contributed by atoms with van der Waals surface area (Å²) >= 11 is 3.45. The fraction of sp³-hybridized carbons (Fsp3) is 0.688. The number of nitrogens with one attached hydrogen (secondary N) is 1. The second-order valence-corrected chi connectivity index (χ2v) is 7.57. The van der Waals surface area contributed by atoms with Gasteiger partial charge in [0.1, 0.15) is 0 Å². The van der Waals surface area contributed by atoms with E-state index in [2.05, 4.69) is 59.3 Å². The Morgan fingerprint density at radius 1 is 1.37 bits per heavy atom. The number of pyridine rings is 1. The molecule has 19 heavy (non-hydrogen) atoms. The van der Waals surface area contributed by atoms with Crippen molar-refractivity contribution in [3.8, 4) is 0 Å². The second kappa shape index (κ2) is 6.36. The van der Waals surface area contributed by atoms with E-state index >= 15 is 0 Å². The van der Waals surface area contributed by atoms with Crippen LogP contribution in [0.1, 0.15) is 38.8 Å². The van der Waals surface area contributed by atoms with Crippen molar-refractivity contribution in [2.24, 2.45) is 17.3 Å². The summed E-state index contributed by atoms with van der Waals surface area (Å²) in [5, 5.41) is 3.36. The number of hydrogen-bond acceptors (Lipinski definition) is 2. The van der Waals surface area contributed by atoms with Gasteiger partial charge in [0, 0.05) is 16.4 Å². The summed E-state index contributed by atoms with van der Waals surface area (Å²) < 4.78 is 1.06. The molecule has 106 valence electrons. The molecule has 0 bridgehead atoms. The van der Waals surface area contributed by atoms with Crippen molar-refractivity contribution < 1.29 is 0 Å². The lowest BCUT2D eigenvalue weighted by atomic mass is 9.66. The highest BCUT2D eigenvalue weighted by atomic mass is 79.9. The van der Waals surface area contributed by atoms with Gasteiger partial charge in [0.2, 0.25) is 0 Å². The molecule has 1 N–H and O–H groups in total. The van der Waals surface area contributed by atoms with Gasteiger partial charge in [-0.15, -0.1) is 0 Å². The summed E-state index contributed by atoms with van der Waals surface area (Å²) in [5.41, 5.74) is 1.72.